The van der Waals surface area contributed by atoms with E-state index in [0.717, 1.165) is 33.5 Å². The molecule has 5 aromatic carbocycles. The van der Waals surface area contributed by atoms with Crippen molar-refractivity contribution in [2.75, 3.05) is 14.5 Å². The Kier molecular flexibility index (Phi) is 7.50. The van der Waals surface area contributed by atoms with Crippen LogP contribution in [0.5, 0.6) is 0 Å². The second kappa shape index (κ2) is 11.4. The van der Waals surface area contributed by atoms with Gasteiger partial charge in [-0.05, 0) is 74.4 Å². The molecule has 1 N–H and O–H groups in total. The van der Waals surface area contributed by atoms with E-state index in [4.69, 9.17) is 0 Å². The third-order valence-corrected chi connectivity index (χ3v) is 9.11. The van der Waals surface area contributed by atoms with E-state index in [1.807, 2.05) is 93.6 Å². The lowest BCUT2D eigenvalue weighted by molar-refractivity contribution is 0.0968. The molecule has 0 aromatic heterocycles. The molecule has 0 fully saturated rings. The average Bonchev–Trinajstić information content (AvgIpc) is 3.00. The number of sulfonamides is 1. The van der Waals surface area contributed by atoms with Crippen LogP contribution in [0.4, 0.5) is 17.1 Å². The van der Waals surface area contributed by atoms with Crippen molar-refractivity contribution in [3.05, 3.63) is 155 Å². The number of nitrogens with one attached hydrogen (secondary N) is 1. The van der Waals surface area contributed by atoms with Gasteiger partial charge in [0.1, 0.15) is 6.17 Å². The second-order valence-corrected chi connectivity index (χ2v) is 12.7. The number of benzene rings is 5. The molecule has 1 heterocycles. The summed E-state index contributed by atoms with van der Waals surface area (Å²) in [5, 5.41) is 0. The Labute approximate surface area is 253 Å². The summed E-state index contributed by atoms with van der Waals surface area (Å²) in [4.78, 5) is 18.5. The number of anilines is 3. The van der Waals surface area contributed by atoms with Gasteiger partial charge in [-0.1, -0.05) is 95.6 Å². The van der Waals surface area contributed by atoms with Crippen LogP contribution in [0.15, 0.2) is 126 Å². The van der Waals surface area contributed by atoms with Crippen LogP contribution >= 0.6 is 0 Å². The van der Waals surface area contributed by atoms with Crippen molar-refractivity contribution >= 4 is 33.0 Å². The Hall–Kier alpha value is -4.88. The van der Waals surface area contributed by atoms with Gasteiger partial charge in [-0.15, -0.1) is 0 Å². The fourth-order valence-electron chi connectivity index (χ4n) is 5.53. The lowest BCUT2D eigenvalue weighted by atomic mass is 9.98. The molecule has 1 atom stereocenters. The number of hydrogen-bond donors (Lipinski definition) is 1. The maximum Gasteiger partial charge on any atom is 0.262 e. The second-order valence-electron chi connectivity index (χ2n) is 11.1. The fourth-order valence-corrected chi connectivity index (χ4v) is 6.61. The van der Waals surface area contributed by atoms with Crippen LogP contribution in [0.2, 0.25) is 0 Å². The number of aryl methyl sites for hydroxylation is 3. The maximum absolute atomic E-state index is 14.5. The van der Waals surface area contributed by atoms with Gasteiger partial charge < -0.3 is 4.90 Å². The maximum atomic E-state index is 14.5. The quantitative estimate of drug-likeness (QED) is 0.211. The number of nitrogens with zero attached hydrogens (tertiary/aromatic N) is 2. The summed E-state index contributed by atoms with van der Waals surface area (Å²) in [7, 11) is -3.96. The Morgan fingerprint density at radius 3 is 2.05 bits per heavy atom. The minimum Gasteiger partial charge on any atom is -0.342 e. The van der Waals surface area contributed by atoms with E-state index in [1.54, 1.807) is 29.2 Å². The average molecular weight is 588 g/mol. The van der Waals surface area contributed by atoms with Crippen LogP contribution in [0.25, 0.3) is 0 Å². The lowest BCUT2D eigenvalue weighted by Crippen LogP contribution is -2.49. The molecule has 0 bridgehead atoms. The van der Waals surface area contributed by atoms with Gasteiger partial charge in [0.25, 0.3) is 15.9 Å². The van der Waals surface area contributed by atoms with E-state index < -0.39 is 16.2 Å². The van der Waals surface area contributed by atoms with Crippen molar-refractivity contribution in [3.8, 4) is 0 Å². The van der Waals surface area contributed by atoms with Crippen molar-refractivity contribution in [3.63, 3.8) is 0 Å². The Bertz CT molecular complexity index is 1890. The molecule has 1 aliphatic heterocycles. The molecule has 0 unspecified atom stereocenters. The smallest absolute Gasteiger partial charge is 0.262 e. The molecular formula is C36H33N3O3S. The molecule has 0 saturated carbocycles. The molecular weight excluding hydrogens is 554 g/mol. The lowest BCUT2D eigenvalue weighted by Gasteiger charge is -2.46. The van der Waals surface area contributed by atoms with E-state index in [9.17, 15) is 13.2 Å². The van der Waals surface area contributed by atoms with Crippen molar-refractivity contribution in [2.24, 2.45) is 0 Å². The highest BCUT2D eigenvalue weighted by Gasteiger charge is 2.40. The minimum atomic E-state index is -3.96. The first kappa shape index (κ1) is 28.2. The van der Waals surface area contributed by atoms with Crippen molar-refractivity contribution in [2.45, 2.75) is 38.4 Å². The predicted molar refractivity (Wildman–Crippen MR) is 173 cm³/mol. The summed E-state index contributed by atoms with van der Waals surface area (Å²) >= 11 is 0. The van der Waals surface area contributed by atoms with Gasteiger partial charge >= 0.3 is 0 Å². The molecule has 6 rings (SSSR count). The summed E-state index contributed by atoms with van der Waals surface area (Å²) in [6.07, 6.45) is -0.462. The van der Waals surface area contributed by atoms with E-state index in [2.05, 4.69) is 27.8 Å². The fraction of sp³-hybridized carbons (Fsp3) is 0.139. The van der Waals surface area contributed by atoms with Gasteiger partial charge in [0.2, 0.25) is 0 Å². The summed E-state index contributed by atoms with van der Waals surface area (Å²) < 4.78 is 29.7. The number of carbonyl (C=O) groups is 1. The largest absolute Gasteiger partial charge is 0.342 e. The van der Waals surface area contributed by atoms with E-state index >= 15 is 0 Å². The van der Waals surface area contributed by atoms with Crippen molar-refractivity contribution in [1.29, 1.82) is 0 Å². The summed E-state index contributed by atoms with van der Waals surface area (Å²) in [6, 6.07) is 38.1. The first-order valence-electron chi connectivity index (χ1n) is 14.2. The number of fused-ring (bicyclic) bond motifs is 1. The molecule has 0 spiro atoms. The summed E-state index contributed by atoms with van der Waals surface area (Å²) in [5.41, 5.74) is 7.43. The van der Waals surface area contributed by atoms with Gasteiger partial charge in [-0.25, -0.2) is 8.42 Å². The summed E-state index contributed by atoms with van der Waals surface area (Å²) in [6.45, 7) is 6.50. The first-order valence-corrected chi connectivity index (χ1v) is 15.7. The molecule has 0 saturated heterocycles. The third-order valence-electron chi connectivity index (χ3n) is 7.73. The molecule has 7 heteroatoms. The third kappa shape index (κ3) is 5.76. The zero-order valence-electron chi connectivity index (χ0n) is 24.4. The van der Waals surface area contributed by atoms with Gasteiger partial charge in [-0.2, -0.15) is 0 Å². The zero-order valence-corrected chi connectivity index (χ0v) is 25.2. The number of hydrogen-bond acceptors (Lipinski definition) is 4. The van der Waals surface area contributed by atoms with E-state index in [-0.39, 0.29) is 10.8 Å². The highest BCUT2D eigenvalue weighted by Crippen LogP contribution is 2.43. The van der Waals surface area contributed by atoms with Gasteiger partial charge in [0, 0.05) is 17.9 Å². The molecule has 1 amide bonds. The van der Waals surface area contributed by atoms with Crippen molar-refractivity contribution in [1.82, 2.24) is 0 Å². The standard InChI is InChI=1S/C36H33N3O3S/c1-25-12-16-30(17-13-25)37-43(41,42)32-20-21-34-33(23-32)36(40)39(31-18-14-26(2)15-19-31)35(29-11-7-8-27(3)22-29)38(34)24-28-9-5-4-6-10-28/h4-23,35,37H,24H2,1-3H3/t35-/m1/s1. The first-order chi connectivity index (χ1) is 20.7. The van der Waals surface area contributed by atoms with Crippen LogP contribution in [0.1, 0.15) is 44.3 Å². The van der Waals surface area contributed by atoms with Crippen LogP contribution in [0, 0.1) is 20.8 Å². The zero-order chi connectivity index (χ0) is 30.1. The van der Waals surface area contributed by atoms with Crippen LogP contribution in [0.3, 0.4) is 0 Å². The Morgan fingerprint density at radius 2 is 1.37 bits per heavy atom. The normalized spacial score (nSPS) is 14.9. The molecule has 0 aliphatic carbocycles. The van der Waals surface area contributed by atoms with E-state index in [1.165, 1.54) is 6.07 Å². The molecule has 5 aromatic rings. The molecule has 1 aliphatic rings. The Morgan fingerprint density at radius 1 is 0.698 bits per heavy atom. The van der Waals surface area contributed by atoms with E-state index in [0.29, 0.717) is 23.5 Å². The minimum absolute atomic E-state index is 0.0256. The van der Waals surface area contributed by atoms with Gasteiger partial charge in [0.05, 0.1) is 16.1 Å². The molecule has 43 heavy (non-hydrogen) atoms. The highest BCUT2D eigenvalue weighted by molar-refractivity contribution is 7.92. The number of carbonyl (C=O) groups excluding carboxylic acids is 1. The summed E-state index contributed by atoms with van der Waals surface area (Å²) in [5.74, 6) is -0.262. The molecule has 0 radical (unpaired) electrons. The van der Waals surface area contributed by atoms with Crippen molar-refractivity contribution < 1.29 is 13.2 Å². The number of rotatable bonds is 7. The monoisotopic (exact) mass is 587 g/mol. The highest BCUT2D eigenvalue weighted by atomic mass is 32.2. The van der Waals surface area contributed by atoms with Gasteiger partial charge in [-0.3, -0.25) is 14.4 Å². The van der Waals surface area contributed by atoms with Crippen LogP contribution < -0.4 is 14.5 Å². The molecule has 216 valence electrons. The topological polar surface area (TPSA) is 69.7 Å². The van der Waals surface area contributed by atoms with Crippen LogP contribution in [-0.4, -0.2) is 14.3 Å². The number of amides is 1. The Balaban J connectivity index is 1.52. The molecule has 6 nitrogen and oxygen atoms in total. The predicted octanol–water partition coefficient (Wildman–Crippen LogP) is 7.78. The SMILES string of the molecule is Cc1ccc(NS(=O)(=O)c2ccc3c(c2)C(=O)N(c2ccc(C)cc2)[C@H](c2cccc(C)c2)N3Cc2ccccc2)cc1. The van der Waals surface area contributed by atoms with Gasteiger partial charge in [0.15, 0.2) is 0 Å². The van der Waals surface area contributed by atoms with Crippen LogP contribution in [-0.2, 0) is 16.6 Å².